The zero-order valence-electron chi connectivity index (χ0n) is 10.1. The summed E-state index contributed by atoms with van der Waals surface area (Å²) in [4.78, 5) is 14.4. The van der Waals surface area contributed by atoms with Crippen molar-refractivity contribution < 1.29 is 22.7 Å². The van der Waals surface area contributed by atoms with Gasteiger partial charge in [-0.05, 0) is 30.7 Å². The van der Waals surface area contributed by atoms with Crippen LogP contribution in [0.1, 0.15) is 16.1 Å². The third kappa shape index (κ3) is 2.78. The molecular formula is C11H9FN2O4S2. The van der Waals surface area contributed by atoms with Gasteiger partial charge in [0, 0.05) is 0 Å². The summed E-state index contributed by atoms with van der Waals surface area (Å²) >= 11 is 0.697. The van der Waals surface area contributed by atoms with Crippen LogP contribution in [-0.2, 0) is 10.0 Å². The van der Waals surface area contributed by atoms with Crippen molar-refractivity contribution in [3.05, 3.63) is 40.8 Å². The zero-order valence-corrected chi connectivity index (χ0v) is 11.8. The van der Waals surface area contributed by atoms with Gasteiger partial charge in [0.1, 0.15) is 5.82 Å². The number of aromatic nitrogens is 1. The molecule has 0 unspecified atom stereocenters. The molecule has 20 heavy (non-hydrogen) atoms. The minimum Gasteiger partial charge on any atom is -0.476 e. The van der Waals surface area contributed by atoms with Crippen LogP contribution in [0.15, 0.2) is 27.9 Å². The standard InChI is InChI=1S/C11H9FN2O4S2/c1-6-4-7(12)2-3-8(6)14-20(17,18)11-9(10(15)16)13-5-19-11/h2-5,14H,1H3,(H,15,16). The summed E-state index contributed by atoms with van der Waals surface area (Å²) in [5, 5.41) is 8.88. The van der Waals surface area contributed by atoms with Gasteiger partial charge in [-0.2, -0.15) is 0 Å². The summed E-state index contributed by atoms with van der Waals surface area (Å²) in [5.74, 6) is -1.92. The first-order chi connectivity index (χ1) is 9.31. The number of benzene rings is 1. The maximum atomic E-state index is 13.0. The number of hydrogen-bond donors (Lipinski definition) is 2. The number of aryl methyl sites for hydroxylation is 1. The van der Waals surface area contributed by atoms with Gasteiger partial charge in [-0.3, -0.25) is 4.72 Å². The third-order valence-corrected chi connectivity index (χ3v) is 5.15. The molecule has 1 aromatic heterocycles. The SMILES string of the molecule is Cc1cc(F)ccc1NS(=O)(=O)c1scnc1C(=O)O. The third-order valence-electron chi connectivity index (χ3n) is 2.41. The van der Waals surface area contributed by atoms with E-state index in [1.807, 2.05) is 0 Å². The molecule has 6 nitrogen and oxygen atoms in total. The first-order valence-corrected chi connectivity index (χ1v) is 7.63. The highest BCUT2D eigenvalue weighted by Gasteiger charge is 2.26. The Labute approximate surface area is 118 Å². The predicted octanol–water partition coefficient (Wildman–Crippen LogP) is 2.09. The first kappa shape index (κ1) is 14.4. The summed E-state index contributed by atoms with van der Waals surface area (Å²) in [5.41, 5.74) is 1.16. The average Bonchev–Trinajstić information content (AvgIpc) is 2.82. The molecule has 1 heterocycles. The average molecular weight is 316 g/mol. The van der Waals surface area contributed by atoms with Crippen molar-refractivity contribution in [3.8, 4) is 0 Å². The van der Waals surface area contributed by atoms with Crippen LogP contribution in [-0.4, -0.2) is 24.5 Å². The number of halogens is 1. The van der Waals surface area contributed by atoms with Crippen LogP contribution in [0.5, 0.6) is 0 Å². The van der Waals surface area contributed by atoms with E-state index in [-0.39, 0.29) is 5.69 Å². The monoisotopic (exact) mass is 316 g/mol. The van der Waals surface area contributed by atoms with Gasteiger partial charge in [0.05, 0.1) is 11.2 Å². The highest BCUT2D eigenvalue weighted by molar-refractivity contribution is 7.94. The smallest absolute Gasteiger partial charge is 0.356 e. The van der Waals surface area contributed by atoms with Gasteiger partial charge in [-0.25, -0.2) is 22.6 Å². The van der Waals surface area contributed by atoms with E-state index >= 15 is 0 Å². The van der Waals surface area contributed by atoms with Gasteiger partial charge in [0.2, 0.25) is 0 Å². The Morgan fingerprint density at radius 1 is 1.45 bits per heavy atom. The summed E-state index contributed by atoms with van der Waals surface area (Å²) in [6.07, 6.45) is 0. The van der Waals surface area contributed by atoms with Gasteiger partial charge >= 0.3 is 5.97 Å². The lowest BCUT2D eigenvalue weighted by Gasteiger charge is -2.09. The van der Waals surface area contributed by atoms with Crippen LogP contribution in [0.4, 0.5) is 10.1 Å². The number of nitrogens with one attached hydrogen (secondary N) is 1. The number of aromatic carboxylic acids is 1. The molecule has 9 heteroatoms. The lowest BCUT2D eigenvalue weighted by molar-refractivity contribution is 0.0687. The Bertz CT molecular complexity index is 770. The maximum absolute atomic E-state index is 13.0. The van der Waals surface area contributed by atoms with Crippen LogP contribution in [0.2, 0.25) is 0 Å². The van der Waals surface area contributed by atoms with Crippen molar-refractivity contribution in [1.82, 2.24) is 4.98 Å². The van der Waals surface area contributed by atoms with Gasteiger partial charge in [0.25, 0.3) is 10.0 Å². The van der Waals surface area contributed by atoms with Crippen molar-refractivity contribution >= 4 is 33.0 Å². The molecule has 1 aromatic carbocycles. The fraction of sp³-hybridized carbons (Fsp3) is 0.0909. The topological polar surface area (TPSA) is 96.4 Å². The molecule has 0 spiro atoms. The Balaban J connectivity index is 2.41. The van der Waals surface area contributed by atoms with Gasteiger partial charge in [-0.1, -0.05) is 0 Å². The molecule has 2 aromatic rings. The van der Waals surface area contributed by atoms with E-state index in [1.54, 1.807) is 0 Å². The lowest BCUT2D eigenvalue weighted by Crippen LogP contribution is -2.16. The molecule has 0 radical (unpaired) electrons. The number of sulfonamides is 1. The summed E-state index contributed by atoms with van der Waals surface area (Å²) in [6.45, 7) is 1.53. The molecule has 0 aliphatic carbocycles. The number of anilines is 1. The molecule has 0 bridgehead atoms. The second kappa shape index (κ2) is 5.17. The summed E-state index contributed by atoms with van der Waals surface area (Å²) in [7, 11) is -4.08. The highest BCUT2D eigenvalue weighted by Crippen LogP contribution is 2.25. The van der Waals surface area contributed by atoms with Crippen molar-refractivity contribution in [3.63, 3.8) is 0 Å². The molecule has 0 aliphatic heterocycles. The van der Waals surface area contributed by atoms with E-state index in [0.717, 1.165) is 11.6 Å². The number of carboxylic acid groups (broad SMARTS) is 1. The molecule has 0 saturated heterocycles. The second-order valence-electron chi connectivity index (χ2n) is 3.86. The number of rotatable bonds is 4. The molecule has 106 valence electrons. The first-order valence-electron chi connectivity index (χ1n) is 5.27. The van der Waals surface area contributed by atoms with Crippen LogP contribution in [0, 0.1) is 12.7 Å². The summed E-state index contributed by atoms with van der Waals surface area (Å²) in [6, 6.07) is 3.54. The fourth-order valence-electron chi connectivity index (χ4n) is 1.50. The molecule has 0 atom stereocenters. The normalized spacial score (nSPS) is 11.3. The van der Waals surface area contributed by atoms with Crippen LogP contribution in [0.25, 0.3) is 0 Å². The Morgan fingerprint density at radius 2 is 2.15 bits per heavy atom. The number of hydrogen-bond acceptors (Lipinski definition) is 5. The summed E-state index contributed by atoms with van der Waals surface area (Å²) < 4.78 is 39.0. The zero-order chi connectivity index (χ0) is 14.9. The molecule has 0 saturated carbocycles. The van der Waals surface area contributed by atoms with Gasteiger partial charge < -0.3 is 5.11 Å². The van der Waals surface area contributed by atoms with E-state index in [0.29, 0.717) is 16.9 Å². The number of carboxylic acids is 1. The van der Waals surface area contributed by atoms with Crippen molar-refractivity contribution in [2.75, 3.05) is 4.72 Å². The van der Waals surface area contributed by atoms with Crippen molar-refractivity contribution in [2.24, 2.45) is 0 Å². The predicted molar refractivity (Wildman–Crippen MR) is 71.0 cm³/mol. The number of nitrogens with zero attached hydrogens (tertiary/aromatic N) is 1. The minimum absolute atomic E-state index is 0.177. The highest BCUT2D eigenvalue weighted by atomic mass is 32.2. The maximum Gasteiger partial charge on any atom is 0.356 e. The van der Waals surface area contributed by atoms with Gasteiger partial charge in [0.15, 0.2) is 9.90 Å². The fourth-order valence-corrected chi connectivity index (χ4v) is 3.77. The molecule has 0 fully saturated rings. The quantitative estimate of drug-likeness (QED) is 0.900. The molecule has 2 rings (SSSR count). The number of thiazole rings is 1. The number of carbonyl (C=O) groups is 1. The van der Waals surface area contributed by atoms with Crippen LogP contribution >= 0.6 is 11.3 Å². The second-order valence-corrected chi connectivity index (χ2v) is 6.59. The van der Waals surface area contributed by atoms with E-state index in [9.17, 15) is 17.6 Å². The minimum atomic E-state index is -4.08. The molecule has 0 amide bonds. The molecule has 0 aliphatic rings. The Hall–Kier alpha value is -2.00. The molecule has 2 N–H and O–H groups in total. The van der Waals surface area contributed by atoms with E-state index < -0.39 is 31.7 Å². The van der Waals surface area contributed by atoms with Crippen LogP contribution in [0.3, 0.4) is 0 Å². The van der Waals surface area contributed by atoms with Gasteiger partial charge in [-0.15, -0.1) is 11.3 Å². The van der Waals surface area contributed by atoms with Crippen LogP contribution < -0.4 is 4.72 Å². The Kier molecular flexibility index (Phi) is 3.73. The molecular weight excluding hydrogens is 307 g/mol. The van der Waals surface area contributed by atoms with E-state index in [2.05, 4.69) is 9.71 Å². The van der Waals surface area contributed by atoms with E-state index in [4.69, 9.17) is 5.11 Å². The largest absolute Gasteiger partial charge is 0.476 e. The Morgan fingerprint density at radius 3 is 2.75 bits per heavy atom. The van der Waals surface area contributed by atoms with Crippen molar-refractivity contribution in [2.45, 2.75) is 11.1 Å². The van der Waals surface area contributed by atoms with Crippen molar-refractivity contribution in [1.29, 1.82) is 0 Å². The lowest BCUT2D eigenvalue weighted by atomic mass is 10.2. The van der Waals surface area contributed by atoms with E-state index in [1.165, 1.54) is 19.1 Å².